The minimum atomic E-state index is -0.417. The van der Waals surface area contributed by atoms with E-state index in [1.165, 1.54) is 0 Å². The van der Waals surface area contributed by atoms with E-state index in [4.69, 9.17) is 5.73 Å². The molecule has 1 fully saturated rings. The van der Waals surface area contributed by atoms with E-state index in [1.54, 1.807) is 29.2 Å². The minimum Gasteiger partial charge on any atom is -0.398 e. The average molecular weight is 234 g/mol. The van der Waals surface area contributed by atoms with Crippen molar-refractivity contribution in [1.82, 2.24) is 4.90 Å². The van der Waals surface area contributed by atoms with Gasteiger partial charge in [0.15, 0.2) is 0 Å². The summed E-state index contributed by atoms with van der Waals surface area (Å²) in [6.07, 6.45) is 1.18. The minimum absolute atomic E-state index is 0.0886. The number of carbonyl (C=O) groups excluding carboxylic acids is 1. The van der Waals surface area contributed by atoms with E-state index >= 15 is 0 Å². The van der Waals surface area contributed by atoms with Gasteiger partial charge in [0.05, 0.1) is 11.7 Å². The second kappa shape index (κ2) is 4.75. The third kappa shape index (κ3) is 2.42. The number of rotatable bonds is 1. The van der Waals surface area contributed by atoms with Gasteiger partial charge in [0.25, 0.3) is 5.91 Å². The van der Waals surface area contributed by atoms with Gasteiger partial charge in [-0.25, -0.2) is 0 Å². The highest BCUT2D eigenvalue weighted by molar-refractivity contribution is 5.99. The lowest BCUT2D eigenvalue weighted by Crippen LogP contribution is -2.47. The maximum absolute atomic E-state index is 12.3. The zero-order valence-electron chi connectivity index (χ0n) is 9.97. The topological polar surface area (TPSA) is 66.6 Å². The van der Waals surface area contributed by atoms with Gasteiger partial charge in [-0.15, -0.1) is 0 Å². The Hall–Kier alpha value is -1.55. The number of nitrogens with zero attached hydrogens (tertiary/aromatic N) is 1. The van der Waals surface area contributed by atoms with Crippen molar-refractivity contribution in [2.24, 2.45) is 0 Å². The predicted octanol–water partition coefficient (Wildman–Crippen LogP) is 1.25. The largest absolute Gasteiger partial charge is 0.398 e. The number of aliphatic hydroxyl groups is 1. The lowest BCUT2D eigenvalue weighted by molar-refractivity contribution is 0.0310. The molecule has 0 unspecified atom stereocenters. The molecule has 0 aromatic heterocycles. The van der Waals surface area contributed by atoms with Gasteiger partial charge in [-0.05, 0) is 31.9 Å². The van der Waals surface area contributed by atoms with Crippen LogP contribution in [0.2, 0.25) is 0 Å². The maximum Gasteiger partial charge on any atom is 0.256 e. The molecule has 0 bridgehead atoms. The van der Waals surface area contributed by atoms with E-state index in [1.807, 2.05) is 6.92 Å². The number of nitrogens with two attached hydrogens (primary N) is 1. The molecule has 1 heterocycles. The van der Waals surface area contributed by atoms with Gasteiger partial charge < -0.3 is 15.7 Å². The van der Waals surface area contributed by atoms with Gasteiger partial charge >= 0.3 is 0 Å². The number of hydrogen-bond acceptors (Lipinski definition) is 3. The van der Waals surface area contributed by atoms with Crippen molar-refractivity contribution in [3.05, 3.63) is 29.8 Å². The summed E-state index contributed by atoms with van der Waals surface area (Å²) in [7, 11) is 0. The SMILES string of the molecule is C[C@@H]1CC[C@@H](O)CN1C(=O)c1ccccc1N. The van der Waals surface area contributed by atoms with Crippen molar-refractivity contribution in [2.45, 2.75) is 31.9 Å². The van der Waals surface area contributed by atoms with Gasteiger partial charge in [-0.2, -0.15) is 0 Å². The number of nitrogen functional groups attached to an aromatic ring is 1. The van der Waals surface area contributed by atoms with Crippen LogP contribution in [0.1, 0.15) is 30.1 Å². The molecule has 2 rings (SSSR count). The number of hydrogen-bond donors (Lipinski definition) is 2. The lowest BCUT2D eigenvalue weighted by atomic mass is 10.00. The Labute approximate surface area is 101 Å². The average Bonchev–Trinajstić information content (AvgIpc) is 2.32. The first-order chi connectivity index (χ1) is 8.09. The number of benzene rings is 1. The standard InChI is InChI=1S/C13H18N2O2/c1-9-6-7-10(16)8-15(9)13(17)11-4-2-3-5-12(11)14/h2-5,9-10,16H,6-8,14H2,1H3/t9-,10-/m1/s1. The molecular weight excluding hydrogens is 216 g/mol. The quantitative estimate of drug-likeness (QED) is 0.719. The second-order valence-corrected chi connectivity index (χ2v) is 4.62. The number of aliphatic hydroxyl groups excluding tert-OH is 1. The van der Waals surface area contributed by atoms with E-state index in [-0.39, 0.29) is 11.9 Å². The Morgan fingerprint density at radius 1 is 1.41 bits per heavy atom. The molecule has 0 radical (unpaired) electrons. The highest BCUT2D eigenvalue weighted by Crippen LogP contribution is 2.21. The number of likely N-dealkylation sites (tertiary alicyclic amines) is 1. The molecule has 2 atom stereocenters. The second-order valence-electron chi connectivity index (χ2n) is 4.62. The molecule has 1 aromatic carbocycles. The highest BCUT2D eigenvalue weighted by atomic mass is 16.3. The van der Waals surface area contributed by atoms with E-state index in [9.17, 15) is 9.90 Å². The van der Waals surface area contributed by atoms with Crippen molar-refractivity contribution < 1.29 is 9.90 Å². The number of para-hydroxylation sites is 1. The molecule has 1 aliphatic rings. The van der Waals surface area contributed by atoms with Crippen LogP contribution in [0.3, 0.4) is 0 Å². The van der Waals surface area contributed by atoms with Crippen LogP contribution in [0.15, 0.2) is 24.3 Å². The van der Waals surface area contributed by atoms with E-state index in [2.05, 4.69) is 0 Å². The summed E-state index contributed by atoms with van der Waals surface area (Å²) in [5.74, 6) is -0.0886. The van der Waals surface area contributed by atoms with Gasteiger partial charge in [-0.1, -0.05) is 12.1 Å². The molecule has 92 valence electrons. The van der Waals surface area contributed by atoms with Crippen LogP contribution < -0.4 is 5.73 Å². The van der Waals surface area contributed by atoms with Crippen LogP contribution in [-0.2, 0) is 0 Å². The third-order valence-corrected chi connectivity index (χ3v) is 3.31. The van der Waals surface area contributed by atoms with Crippen molar-refractivity contribution in [1.29, 1.82) is 0 Å². The van der Waals surface area contributed by atoms with Crippen molar-refractivity contribution >= 4 is 11.6 Å². The Kier molecular flexibility index (Phi) is 3.33. The van der Waals surface area contributed by atoms with Crippen LogP contribution in [-0.4, -0.2) is 34.6 Å². The van der Waals surface area contributed by atoms with Crippen LogP contribution in [0.5, 0.6) is 0 Å². The van der Waals surface area contributed by atoms with Crippen LogP contribution >= 0.6 is 0 Å². The molecule has 1 aliphatic heterocycles. The van der Waals surface area contributed by atoms with E-state index in [0.717, 1.165) is 12.8 Å². The van der Waals surface area contributed by atoms with Gasteiger partial charge in [0, 0.05) is 18.3 Å². The smallest absolute Gasteiger partial charge is 0.256 e. The molecule has 1 saturated heterocycles. The highest BCUT2D eigenvalue weighted by Gasteiger charge is 2.29. The van der Waals surface area contributed by atoms with Gasteiger partial charge in [-0.3, -0.25) is 4.79 Å². The maximum atomic E-state index is 12.3. The monoisotopic (exact) mass is 234 g/mol. The fourth-order valence-corrected chi connectivity index (χ4v) is 2.22. The molecular formula is C13H18N2O2. The third-order valence-electron chi connectivity index (χ3n) is 3.31. The first kappa shape index (κ1) is 11.9. The number of anilines is 1. The Morgan fingerprint density at radius 3 is 2.82 bits per heavy atom. The summed E-state index contributed by atoms with van der Waals surface area (Å²) in [4.78, 5) is 14.0. The Bertz CT molecular complexity index is 420. The van der Waals surface area contributed by atoms with Crippen LogP contribution in [0.25, 0.3) is 0 Å². The summed E-state index contributed by atoms with van der Waals surface area (Å²) in [5.41, 5.74) is 6.81. The number of amides is 1. The first-order valence-electron chi connectivity index (χ1n) is 5.93. The fraction of sp³-hybridized carbons (Fsp3) is 0.462. The number of carbonyl (C=O) groups is 1. The molecule has 1 aromatic rings. The molecule has 0 saturated carbocycles. The van der Waals surface area contributed by atoms with E-state index in [0.29, 0.717) is 17.8 Å². The molecule has 3 N–H and O–H groups in total. The number of β-amino-alcohol motifs (C(OH)–C–C–N with tert-alkyl or cyclic N) is 1. The van der Waals surface area contributed by atoms with Gasteiger partial charge in [0.1, 0.15) is 0 Å². The molecule has 17 heavy (non-hydrogen) atoms. The fourth-order valence-electron chi connectivity index (χ4n) is 2.22. The normalized spacial score (nSPS) is 24.7. The molecule has 4 nitrogen and oxygen atoms in total. The summed E-state index contributed by atoms with van der Waals surface area (Å²) in [6.45, 7) is 2.40. The molecule has 0 aliphatic carbocycles. The molecule has 1 amide bonds. The van der Waals surface area contributed by atoms with Crippen molar-refractivity contribution in [3.8, 4) is 0 Å². The summed E-state index contributed by atoms with van der Waals surface area (Å²) in [5, 5.41) is 9.64. The zero-order valence-corrected chi connectivity index (χ0v) is 9.97. The Morgan fingerprint density at radius 2 is 2.12 bits per heavy atom. The first-order valence-corrected chi connectivity index (χ1v) is 5.93. The summed E-state index contributed by atoms with van der Waals surface area (Å²) >= 11 is 0. The molecule has 4 heteroatoms. The zero-order chi connectivity index (χ0) is 12.4. The predicted molar refractivity (Wildman–Crippen MR) is 66.6 cm³/mol. The van der Waals surface area contributed by atoms with Crippen LogP contribution in [0.4, 0.5) is 5.69 Å². The van der Waals surface area contributed by atoms with Crippen LogP contribution in [0, 0.1) is 0 Å². The van der Waals surface area contributed by atoms with Crippen molar-refractivity contribution in [3.63, 3.8) is 0 Å². The van der Waals surface area contributed by atoms with Crippen molar-refractivity contribution in [2.75, 3.05) is 12.3 Å². The Balaban J connectivity index is 2.22. The molecule has 0 spiro atoms. The summed E-state index contributed by atoms with van der Waals surface area (Å²) in [6, 6.07) is 7.21. The number of piperidine rings is 1. The lowest BCUT2D eigenvalue weighted by Gasteiger charge is -2.36. The summed E-state index contributed by atoms with van der Waals surface area (Å²) < 4.78 is 0. The van der Waals surface area contributed by atoms with Gasteiger partial charge in [0.2, 0.25) is 0 Å². The van der Waals surface area contributed by atoms with E-state index < -0.39 is 6.10 Å².